The number of imide groups is 1. The molecule has 0 aromatic heterocycles. The number of hydrogen-bond acceptors (Lipinski definition) is 6. The van der Waals surface area contributed by atoms with Gasteiger partial charge in [-0.05, 0) is 0 Å². The van der Waals surface area contributed by atoms with E-state index in [1.165, 1.54) is 0 Å². The summed E-state index contributed by atoms with van der Waals surface area (Å²) in [6.07, 6.45) is -3.78. The maximum atomic E-state index is 10.1. The highest BCUT2D eigenvalue weighted by atomic mass is 32.1. The van der Waals surface area contributed by atoms with E-state index >= 15 is 0 Å². The Labute approximate surface area is 108 Å². The van der Waals surface area contributed by atoms with Crippen molar-refractivity contribution in [3.8, 4) is 0 Å². The van der Waals surface area contributed by atoms with Crippen LogP contribution in [0.5, 0.6) is 0 Å². The molecule has 2 unspecified atom stereocenters. The van der Waals surface area contributed by atoms with Gasteiger partial charge in [0.1, 0.15) is 0 Å². The molecule has 5 N–H and O–H groups in total. The quantitative estimate of drug-likeness (QED) is 0.352. The molecule has 1 heterocycles. The lowest BCUT2D eigenvalue weighted by Gasteiger charge is -2.07. The SMILES string of the molecule is O=C(O)C(O)C(O)C(=O)O.O=C1CCC(=O)N1.S. The normalized spacial score (nSPS) is 16.6. The minimum absolute atomic E-state index is 0. The number of nitrogens with one attached hydrogen (secondary N) is 1. The van der Waals surface area contributed by atoms with Crippen LogP contribution < -0.4 is 5.32 Å². The van der Waals surface area contributed by atoms with Crippen LogP contribution in [0.15, 0.2) is 0 Å². The molecule has 1 rings (SSSR count). The van der Waals surface area contributed by atoms with Gasteiger partial charge in [0, 0.05) is 12.8 Å². The minimum atomic E-state index is -2.27. The summed E-state index contributed by atoms with van der Waals surface area (Å²) < 4.78 is 0. The Morgan fingerprint density at radius 3 is 1.33 bits per heavy atom. The lowest BCUT2D eigenvalue weighted by molar-refractivity contribution is -0.165. The van der Waals surface area contributed by atoms with Crippen molar-refractivity contribution in [2.24, 2.45) is 0 Å². The predicted octanol–water partition coefficient (Wildman–Crippen LogP) is -2.59. The first-order valence-corrected chi connectivity index (χ1v) is 4.40. The first kappa shape index (κ1) is 18.7. The van der Waals surface area contributed by atoms with Gasteiger partial charge in [0.15, 0.2) is 12.2 Å². The Morgan fingerprint density at radius 1 is 0.944 bits per heavy atom. The zero-order chi connectivity index (χ0) is 13.6. The first-order chi connectivity index (χ1) is 7.75. The summed E-state index contributed by atoms with van der Waals surface area (Å²) >= 11 is 0. The molecule has 1 fully saturated rings. The molecule has 0 bridgehead atoms. The maximum absolute atomic E-state index is 10.1. The summed E-state index contributed by atoms with van der Waals surface area (Å²) in [5.41, 5.74) is 0. The van der Waals surface area contributed by atoms with Gasteiger partial charge in [-0.1, -0.05) is 0 Å². The van der Waals surface area contributed by atoms with E-state index in [1.54, 1.807) is 0 Å². The van der Waals surface area contributed by atoms with Crippen LogP contribution in [0.4, 0.5) is 0 Å². The number of aliphatic hydroxyl groups is 2. The third-order valence-corrected chi connectivity index (χ3v) is 1.66. The summed E-state index contributed by atoms with van der Waals surface area (Å²) in [7, 11) is 0. The van der Waals surface area contributed by atoms with Crippen molar-refractivity contribution >= 4 is 37.2 Å². The smallest absolute Gasteiger partial charge is 0.335 e. The number of aliphatic carboxylic acids is 2. The molecular weight excluding hydrogens is 270 g/mol. The van der Waals surface area contributed by atoms with Crippen LogP contribution in [0.25, 0.3) is 0 Å². The summed E-state index contributed by atoms with van der Waals surface area (Å²) in [6, 6.07) is 0. The monoisotopic (exact) mass is 283 g/mol. The van der Waals surface area contributed by atoms with Gasteiger partial charge in [-0.2, -0.15) is 13.5 Å². The molecular formula is C8H13NO8S. The van der Waals surface area contributed by atoms with Crippen molar-refractivity contribution in [3.05, 3.63) is 0 Å². The molecule has 0 saturated carbocycles. The summed E-state index contributed by atoms with van der Waals surface area (Å²) in [5, 5.41) is 34.7. The molecule has 0 spiro atoms. The fourth-order valence-corrected chi connectivity index (χ4v) is 0.778. The van der Waals surface area contributed by atoms with Crippen LogP contribution in [0.2, 0.25) is 0 Å². The van der Waals surface area contributed by atoms with E-state index in [0.717, 1.165) is 0 Å². The second-order valence-electron chi connectivity index (χ2n) is 3.04. The number of hydrogen-bond donors (Lipinski definition) is 5. The Hall–Kier alpha value is -1.65. The molecule has 9 nitrogen and oxygen atoms in total. The van der Waals surface area contributed by atoms with Gasteiger partial charge >= 0.3 is 11.9 Å². The molecule has 18 heavy (non-hydrogen) atoms. The predicted molar refractivity (Wildman–Crippen MR) is 60.0 cm³/mol. The van der Waals surface area contributed by atoms with Crippen LogP contribution in [0.1, 0.15) is 12.8 Å². The summed E-state index contributed by atoms with van der Waals surface area (Å²) in [6.45, 7) is 0. The number of aliphatic hydroxyl groups excluding tert-OH is 2. The van der Waals surface area contributed by atoms with Crippen molar-refractivity contribution in [2.45, 2.75) is 25.0 Å². The number of carboxylic acid groups (broad SMARTS) is 2. The van der Waals surface area contributed by atoms with Gasteiger partial charge < -0.3 is 20.4 Å². The topological polar surface area (TPSA) is 161 Å². The van der Waals surface area contributed by atoms with E-state index in [1.807, 2.05) is 0 Å². The molecule has 1 aliphatic heterocycles. The van der Waals surface area contributed by atoms with Crippen molar-refractivity contribution in [1.29, 1.82) is 0 Å². The minimum Gasteiger partial charge on any atom is -0.479 e. The Balaban J connectivity index is 0. The van der Waals surface area contributed by atoms with Crippen molar-refractivity contribution < 1.29 is 39.6 Å². The zero-order valence-corrected chi connectivity index (χ0v) is 9.99. The molecule has 0 radical (unpaired) electrons. The second kappa shape index (κ2) is 8.44. The van der Waals surface area contributed by atoms with Crippen molar-refractivity contribution in [2.75, 3.05) is 0 Å². The third kappa shape index (κ3) is 6.83. The lowest BCUT2D eigenvalue weighted by atomic mass is 10.2. The second-order valence-corrected chi connectivity index (χ2v) is 3.04. The first-order valence-electron chi connectivity index (χ1n) is 4.40. The number of carbonyl (C=O) groups excluding carboxylic acids is 2. The van der Waals surface area contributed by atoms with Gasteiger partial charge in [-0.3, -0.25) is 14.9 Å². The number of carbonyl (C=O) groups is 4. The molecule has 104 valence electrons. The number of carboxylic acids is 2. The molecule has 0 aromatic rings. The van der Waals surface area contributed by atoms with Crippen molar-refractivity contribution in [1.82, 2.24) is 5.32 Å². The van der Waals surface area contributed by atoms with Crippen LogP contribution in [-0.2, 0) is 19.2 Å². The average molecular weight is 283 g/mol. The summed E-state index contributed by atoms with van der Waals surface area (Å²) in [5.74, 6) is -3.83. The molecule has 2 amide bonds. The van der Waals surface area contributed by atoms with Crippen LogP contribution in [0, 0.1) is 0 Å². The number of amides is 2. The van der Waals surface area contributed by atoms with Gasteiger partial charge in [0.2, 0.25) is 11.8 Å². The van der Waals surface area contributed by atoms with Crippen LogP contribution in [-0.4, -0.2) is 56.4 Å². The van der Waals surface area contributed by atoms with Crippen LogP contribution in [0.3, 0.4) is 0 Å². The fraction of sp³-hybridized carbons (Fsp3) is 0.500. The zero-order valence-electron chi connectivity index (χ0n) is 8.99. The van der Waals surface area contributed by atoms with Crippen molar-refractivity contribution in [3.63, 3.8) is 0 Å². The lowest BCUT2D eigenvalue weighted by Crippen LogP contribution is -2.39. The average Bonchev–Trinajstić information content (AvgIpc) is 2.60. The molecule has 1 saturated heterocycles. The highest BCUT2D eigenvalue weighted by Gasteiger charge is 2.29. The van der Waals surface area contributed by atoms with E-state index in [0.29, 0.717) is 12.8 Å². The van der Waals surface area contributed by atoms with Gasteiger partial charge in [0.05, 0.1) is 0 Å². The molecule has 1 aliphatic rings. The van der Waals surface area contributed by atoms with Gasteiger partial charge in [-0.25, -0.2) is 9.59 Å². The molecule has 10 heteroatoms. The van der Waals surface area contributed by atoms with E-state index < -0.39 is 24.1 Å². The summed E-state index contributed by atoms with van der Waals surface area (Å²) in [4.78, 5) is 39.8. The Morgan fingerprint density at radius 2 is 1.22 bits per heavy atom. The largest absolute Gasteiger partial charge is 0.479 e. The van der Waals surface area contributed by atoms with E-state index in [4.69, 9.17) is 20.4 Å². The number of rotatable bonds is 3. The van der Waals surface area contributed by atoms with Crippen LogP contribution >= 0.6 is 13.5 Å². The molecule has 2 atom stereocenters. The van der Waals surface area contributed by atoms with Gasteiger partial charge in [0.25, 0.3) is 0 Å². The van der Waals surface area contributed by atoms with E-state index in [9.17, 15) is 19.2 Å². The third-order valence-electron chi connectivity index (χ3n) is 1.66. The molecule has 0 aliphatic carbocycles. The Kier molecular flexibility index (Phi) is 8.77. The van der Waals surface area contributed by atoms with Gasteiger partial charge in [-0.15, -0.1) is 0 Å². The van der Waals surface area contributed by atoms with E-state index in [2.05, 4.69) is 5.32 Å². The highest BCUT2D eigenvalue weighted by molar-refractivity contribution is 7.59. The standard InChI is InChI=1S/C4H5NO2.C4H6O6.H2S/c6-3-1-2-4(7)5-3;5-1(3(7)8)2(6)4(9)10;/h1-2H2,(H,5,6,7);1-2,5-6H,(H,7,8)(H,9,10);1H2. The fourth-order valence-electron chi connectivity index (χ4n) is 0.778. The molecule has 0 aromatic carbocycles. The Bertz CT molecular complexity index is 312. The van der Waals surface area contributed by atoms with E-state index in [-0.39, 0.29) is 25.3 Å². The maximum Gasteiger partial charge on any atom is 0.335 e. The highest BCUT2D eigenvalue weighted by Crippen LogP contribution is 1.95.